The maximum Gasteiger partial charge on any atom is 0.319 e. The monoisotopic (exact) mass is 300 g/mol. The molecule has 20 heavy (non-hydrogen) atoms. The molecule has 0 aromatic heterocycles. The van der Waals surface area contributed by atoms with Crippen molar-refractivity contribution >= 4 is 23.3 Å². The Hall–Kier alpha value is -1.46. The summed E-state index contributed by atoms with van der Waals surface area (Å²) in [5, 5.41) is 15.4. The lowest BCUT2D eigenvalue weighted by Gasteiger charge is -2.15. The van der Waals surface area contributed by atoms with Gasteiger partial charge in [-0.15, -0.1) is 0 Å². The van der Waals surface area contributed by atoms with Gasteiger partial charge in [-0.1, -0.05) is 31.5 Å². The van der Waals surface area contributed by atoms with E-state index < -0.39 is 6.10 Å². The number of rotatable bonds is 6. The van der Waals surface area contributed by atoms with Crippen LogP contribution in [0.15, 0.2) is 18.2 Å². The molecule has 0 aliphatic carbocycles. The Morgan fingerprint density at radius 3 is 2.75 bits per heavy atom. The zero-order chi connectivity index (χ0) is 15.1. The first kappa shape index (κ1) is 16.6. The number of nitrogens with one attached hydrogen (secondary N) is 2. The minimum absolute atomic E-state index is 0.174. The molecular weight excluding hydrogens is 280 g/mol. The van der Waals surface area contributed by atoms with Gasteiger partial charge < -0.3 is 20.5 Å². The number of methoxy groups -OCH3 is 1. The molecule has 1 unspecified atom stereocenters. The van der Waals surface area contributed by atoms with Gasteiger partial charge in [0.05, 0.1) is 23.9 Å². The second kappa shape index (κ2) is 7.97. The van der Waals surface area contributed by atoms with Crippen LogP contribution in [-0.4, -0.2) is 30.9 Å². The average molecular weight is 301 g/mol. The number of aliphatic hydroxyl groups excluding tert-OH is 1. The number of carbonyl (C=O) groups excluding carboxylic acids is 1. The van der Waals surface area contributed by atoms with Gasteiger partial charge in [0.2, 0.25) is 0 Å². The van der Waals surface area contributed by atoms with E-state index >= 15 is 0 Å². The Bertz CT molecular complexity index is 452. The van der Waals surface area contributed by atoms with Crippen LogP contribution in [0.4, 0.5) is 10.5 Å². The Balaban J connectivity index is 2.49. The van der Waals surface area contributed by atoms with E-state index in [1.165, 1.54) is 7.11 Å². The van der Waals surface area contributed by atoms with Crippen LogP contribution in [0.5, 0.6) is 5.75 Å². The van der Waals surface area contributed by atoms with Crippen LogP contribution in [-0.2, 0) is 0 Å². The number of para-hydroxylation sites is 1. The number of benzene rings is 1. The van der Waals surface area contributed by atoms with Gasteiger partial charge in [-0.05, 0) is 24.5 Å². The quantitative estimate of drug-likeness (QED) is 0.756. The Kier molecular flexibility index (Phi) is 6.61. The standard InChI is InChI=1S/C14H21ClN2O3/c1-9(2)12(18)7-8-16-14(19)17-11-6-4-5-10(15)13(11)20-3/h4-6,9,12,18H,7-8H2,1-3H3,(H2,16,17,19). The van der Waals surface area contributed by atoms with Crippen molar-refractivity contribution in [3.63, 3.8) is 0 Å². The van der Waals surface area contributed by atoms with E-state index in [0.717, 1.165) is 0 Å². The zero-order valence-corrected chi connectivity index (χ0v) is 12.7. The third-order valence-electron chi connectivity index (χ3n) is 2.91. The molecule has 1 aromatic rings. The van der Waals surface area contributed by atoms with Crippen LogP contribution < -0.4 is 15.4 Å². The van der Waals surface area contributed by atoms with E-state index in [1.54, 1.807) is 18.2 Å². The highest BCUT2D eigenvalue weighted by Gasteiger charge is 2.12. The minimum Gasteiger partial charge on any atom is -0.493 e. The van der Waals surface area contributed by atoms with Gasteiger partial charge in [-0.25, -0.2) is 4.79 Å². The minimum atomic E-state index is -0.420. The first-order valence-corrected chi connectivity index (χ1v) is 6.89. The van der Waals surface area contributed by atoms with Crippen molar-refractivity contribution in [2.24, 2.45) is 5.92 Å². The summed E-state index contributed by atoms with van der Waals surface area (Å²) >= 11 is 5.96. The fraction of sp³-hybridized carbons (Fsp3) is 0.500. The SMILES string of the molecule is COc1c(Cl)cccc1NC(=O)NCCC(O)C(C)C. The molecule has 112 valence electrons. The summed E-state index contributed by atoms with van der Waals surface area (Å²) in [6, 6.07) is 4.75. The van der Waals surface area contributed by atoms with E-state index in [1.807, 2.05) is 13.8 Å². The smallest absolute Gasteiger partial charge is 0.319 e. The molecule has 0 radical (unpaired) electrons. The third kappa shape index (κ3) is 4.90. The fourth-order valence-electron chi connectivity index (χ4n) is 1.65. The maximum absolute atomic E-state index is 11.7. The second-order valence-electron chi connectivity index (χ2n) is 4.80. The topological polar surface area (TPSA) is 70.6 Å². The first-order chi connectivity index (χ1) is 9.45. The van der Waals surface area contributed by atoms with E-state index in [9.17, 15) is 9.90 Å². The van der Waals surface area contributed by atoms with Crippen LogP contribution in [0, 0.1) is 5.92 Å². The fourth-order valence-corrected chi connectivity index (χ4v) is 1.90. The molecule has 0 fully saturated rings. The molecule has 0 aliphatic rings. The summed E-state index contributed by atoms with van der Waals surface area (Å²) in [5.74, 6) is 0.597. The molecule has 3 N–H and O–H groups in total. The number of hydrogen-bond donors (Lipinski definition) is 3. The summed E-state index contributed by atoms with van der Waals surface area (Å²) in [6.45, 7) is 4.26. The lowest BCUT2D eigenvalue weighted by Crippen LogP contribution is -2.32. The van der Waals surface area contributed by atoms with Crippen LogP contribution in [0.2, 0.25) is 5.02 Å². The van der Waals surface area contributed by atoms with E-state index in [0.29, 0.717) is 29.4 Å². The summed E-state index contributed by atoms with van der Waals surface area (Å²) in [5.41, 5.74) is 0.502. The predicted molar refractivity (Wildman–Crippen MR) is 80.5 cm³/mol. The molecule has 5 nitrogen and oxygen atoms in total. The molecule has 0 saturated carbocycles. The normalized spacial score (nSPS) is 12.1. The van der Waals surface area contributed by atoms with Gasteiger partial charge >= 0.3 is 6.03 Å². The molecule has 2 amide bonds. The molecule has 1 rings (SSSR count). The second-order valence-corrected chi connectivity index (χ2v) is 5.21. The summed E-state index contributed by atoms with van der Waals surface area (Å²) < 4.78 is 5.14. The molecule has 0 aliphatic heterocycles. The van der Waals surface area contributed by atoms with Crippen LogP contribution in [0.3, 0.4) is 0 Å². The number of anilines is 1. The molecule has 0 heterocycles. The van der Waals surface area contributed by atoms with Crippen molar-refractivity contribution in [3.05, 3.63) is 23.2 Å². The third-order valence-corrected chi connectivity index (χ3v) is 3.21. The van der Waals surface area contributed by atoms with Gasteiger partial charge in [0.15, 0.2) is 5.75 Å². The highest BCUT2D eigenvalue weighted by molar-refractivity contribution is 6.32. The first-order valence-electron chi connectivity index (χ1n) is 6.51. The number of urea groups is 1. The number of hydrogen-bond acceptors (Lipinski definition) is 3. The van der Waals surface area contributed by atoms with Crippen molar-refractivity contribution in [2.75, 3.05) is 19.0 Å². The Labute approximate surface area is 124 Å². The van der Waals surface area contributed by atoms with Crippen molar-refractivity contribution in [1.29, 1.82) is 0 Å². The zero-order valence-electron chi connectivity index (χ0n) is 11.9. The van der Waals surface area contributed by atoms with E-state index in [-0.39, 0.29) is 11.9 Å². The molecule has 1 atom stereocenters. The van der Waals surface area contributed by atoms with Crippen molar-refractivity contribution in [3.8, 4) is 5.75 Å². The Morgan fingerprint density at radius 2 is 2.15 bits per heavy atom. The largest absolute Gasteiger partial charge is 0.493 e. The summed E-state index contributed by atoms with van der Waals surface area (Å²) in [7, 11) is 1.49. The van der Waals surface area contributed by atoms with Gasteiger partial charge in [0, 0.05) is 6.54 Å². The van der Waals surface area contributed by atoms with Crippen molar-refractivity contribution < 1.29 is 14.6 Å². The number of aliphatic hydroxyl groups is 1. The van der Waals surface area contributed by atoms with Gasteiger partial charge in [0.1, 0.15) is 0 Å². The highest BCUT2D eigenvalue weighted by atomic mass is 35.5. The lowest BCUT2D eigenvalue weighted by atomic mass is 10.0. The van der Waals surface area contributed by atoms with Gasteiger partial charge in [0.25, 0.3) is 0 Å². The highest BCUT2D eigenvalue weighted by Crippen LogP contribution is 2.32. The van der Waals surface area contributed by atoms with Crippen LogP contribution in [0.25, 0.3) is 0 Å². The Morgan fingerprint density at radius 1 is 1.45 bits per heavy atom. The molecule has 1 aromatic carbocycles. The van der Waals surface area contributed by atoms with Gasteiger partial charge in [-0.3, -0.25) is 0 Å². The lowest BCUT2D eigenvalue weighted by molar-refractivity contribution is 0.117. The number of amides is 2. The summed E-state index contributed by atoms with van der Waals surface area (Å²) in [4.78, 5) is 11.7. The van der Waals surface area contributed by atoms with Gasteiger partial charge in [-0.2, -0.15) is 0 Å². The number of halogens is 1. The molecule has 0 bridgehead atoms. The molecular formula is C14H21ClN2O3. The molecule has 6 heteroatoms. The number of carbonyl (C=O) groups is 1. The molecule has 0 spiro atoms. The van der Waals surface area contributed by atoms with E-state index in [4.69, 9.17) is 16.3 Å². The van der Waals surface area contributed by atoms with Crippen molar-refractivity contribution in [2.45, 2.75) is 26.4 Å². The van der Waals surface area contributed by atoms with E-state index in [2.05, 4.69) is 10.6 Å². The van der Waals surface area contributed by atoms with Crippen molar-refractivity contribution in [1.82, 2.24) is 5.32 Å². The molecule has 0 saturated heterocycles. The average Bonchev–Trinajstić information content (AvgIpc) is 2.38. The number of ether oxygens (including phenoxy) is 1. The maximum atomic E-state index is 11.7. The van der Waals surface area contributed by atoms with Crippen LogP contribution >= 0.6 is 11.6 Å². The summed E-state index contributed by atoms with van der Waals surface area (Å²) in [6.07, 6.45) is 0.0913. The predicted octanol–water partition coefficient (Wildman–Crippen LogP) is 2.88. The van der Waals surface area contributed by atoms with Crippen LogP contribution in [0.1, 0.15) is 20.3 Å².